The van der Waals surface area contributed by atoms with Crippen molar-refractivity contribution in [3.05, 3.63) is 35.1 Å². The number of nitriles is 1. The minimum atomic E-state index is -0.354. The second-order valence-electron chi connectivity index (χ2n) is 3.54. The Bertz CT molecular complexity index is 459. The Balaban J connectivity index is 2.44. The third kappa shape index (κ3) is 1.82. The molecule has 15 heavy (non-hydrogen) atoms. The number of rotatable bonds is 1. The maximum atomic E-state index is 13.0. The fourth-order valence-corrected chi connectivity index (χ4v) is 1.53. The van der Waals surface area contributed by atoms with Crippen LogP contribution in [0.3, 0.4) is 0 Å². The van der Waals surface area contributed by atoms with Gasteiger partial charge in [-0.05, 0) is 25.1 Å². The lowest BCUT2D eigenvalue weighted by Crippen LogP contribution is -2.28. The van der Waals surface area contributed by atoms with Gasteiger partial charge in [-0.2, -0.15) is 5.26 Å². The lowest BCUT2D eigenvalue weighted by atomic mass is 10.1. The molecule has 0 bridgehead atoms. The Labute approximate surface area is 87.3 Å². The molecule has 76 valence electrons. The summed E-state index contributed by atoms with van der Waals surface area (Å²) in [5.74, 6) is 0.256. The fourth-order valence-electron chi connectivity index (χ4n) is 1.53. The number of nitrogens with zero attached hydrogens (tertiary/aromatic N) is 2. The Morgan fingerprint density at radius 2 is 2.40 bits per heavy atom. The lowest BCUT2D eigenvalue weighted by Gasteiger charge is -2.07. The van der Waals surface area contributed by atoms with Gasteiger partial charge in [0.15, 0.2) is 0 Å². The highest BCUT2D eigenvalue weighted by atomic mass is 19.1. The Hall–Kier alpha value is -1.89. The SMILES string of the molecule is CC1CN=C(c2cc(F)ccc2C#N)N1. The van der Waals surface area contributed by atoms with Gasteiger partial charge in [-0.1, -0.05) is 0 Å². The third-order valence-corrected chi connectivity index (χ3v) is 2.26. The maximum absolute atomic E-state index is 13.0. The van der Waals surface area contributed by atoms with Crippen molar-refractivity contribution in [2.75, 3.05) is 6.54 Å². The molecule has 1 aromatic rings. The van der Waals surface area contributed by atoms with E-state index in [0.717, 1.165) is 0 Å². The summed E-state index contributed by atoms with van der Waals surface area (Å²) in [5, 5.41) is 12.0. The van der Waals surface area contributed by atoms with Gasteiger partial charge >= 0.3 is 0 Å². The van der Waals surface area contributed by atoms with Crippen LogP contribution in [0.1, 0.15) is 18.1 Å². The Kier molecular flexibility index (Phi) is 2.38. The average Bonchev–Trinajstić information content (AvgIpc) is 2.65. The van der Waals surface area contributed by atoms with Crippen molar-refractivity contribution in [3.63, 3.8) is 0 Å². The molecule has 1 aromatic carbocycles. The van der Waals surface area contributed by atoms with E-state index in [2.05, 4.69) is 10.3 Å². The molecule has 0 aromatic heterocycles. The smallest absolute Gasteiger partial charge is 0.130 e. The highest BCUT2D eigenvalue weighted by Crippen LogP contribution is 2.13. The van der Waals surface area contributed by atoms with Gasteiger partial charge in [0.25, 0.3) is 0 Å². The minimum Gasteiger partial charge on any atom is -0.366 e. The molecule has 2 rings (SSSR count). The van der Waals surface area contributed by atoms with E-state index in [1.807, 2.05) is 13.0 Å². The maximum Gasteiger partial charge on any atom is 0.130 e. The van der Waals surface area contributed by atoms with Crippen LogP contribution in [0.5, 0.6) is 0 Å². The first-order valence-electron chi connectivity index (χ1n) is 4.71. The fraction of sp³-hybridized carbons (Fsp3) is 0.273. The largest absolute Gasteiger partial charge is 0.366 e. The van der Waals surface area contributed by atoms with Crippen LogP contribution in [-0.4, -0.2) is 18.4 Å². The molecule has 4 heteroatoms. The van der Waals surface area contributed by atoms with Crippen LogP contribution in [0.2, 0.25) is 0 Å². The Morgan fingerprint density at radius 3 is 3.00 bits per heavy atom. The molecule has 0 saturated carbocycles. The number of amidine groups is 1. The van der Waals surface area contributed by atoms with E-state index in [-0.39, 0.29) is 11.9 Å². The molecule has 1 aliphatic rings. The van der Waals surface area contributed by atoms with Crippen LogP contribution in [0, 0.1) is 17.1 Å². The van der Waals surface area contributed by atoms with Crippen molar-refractivity contribution in [2.45, 2.75) is 13.0 Å². The number of nitrogens with one attached hydrogen (secondary N) is 1. The molecule has 0 saturated heterocycles. The molecule has 3 nitrogen and oxygen atoms in total. The molecule has 1 N–H and O–H groups in total. The first kappa shape index (κ1) is 9.66. The molecule has 0 radical (unpaired) electrons. The molecular weight excluding hydrogens is 193 g/mol. The second-order valence-corrected chi connectivity index (χ2v) is 3.54. The number of aliphatic imine (C=N–C) groups is 1. The molecule has 0 fully saturated rings. The van der Waals surface area contributed by atoms with Crippen LogP contribution in [0.4, 0.5) is 4.39 Å². The van der Waals surface area contributed by atoms with Gasteiger partial charge in [0.1, 0.15) is 11.7 Å². The summed E-state index contributed by atoms with van der Waals surface area (Å²) in [5.41, 5.74) is 0.985. The first-order chi connectivity index (χ1) is 7.20. The number of hydrogen-bond donors (Lipinski definition) is 1. The summed E-state index contributed by atoms with van der Waals surface area (Å²) in [6.45, 7) is 2.65. The van der Waals surface area contributed by atoms with E-state index in [4.69, 9.17) is 5.26 Å². The zero-order valence-electron chi connectivity index (χ0n) is 8.29. The number of benzene rings is 1. The highest BCUT2D eigenvalue weighted by Gasteiger charge is 2.17. The predicted molar refractivity (Wildman–Crippen MR) is 55.1 cm³/mol. The van der Waals surface area contributed by atoms with Gasteiger partial charge in [-0.15, -0.1) is 0 Å². The average molecular weight is 203 g/mol. The van der Waals surface area contributed by atoms with Gasteiger partial charge < -0.3 is 5.32 Å². The topological polar surface area (TPSA) is 48.2 Å². The molecule has 1 heterocycles. The second kappa shape index (κ2) is 3.70. The molecule has 1 aliphatic heterocycles. The van der Waals surface area contributed by atoms with Gasteiger partial charge in [0.05, 0.1) is 18.2 Å². The quantitative estimate of drug-likeness (QED) is 0.750. The zero-order valence-corrected chi connectivity index (χ0v) is 8.29. The summed E-state index contributed by atoms with van der Waals surface area (Å²) in [6, 6.07) is 6.36. The van der Waals surface area contributed by atoms with E-state index < -0.39 is 0 Å². The standard InChI is InChI=1S/C11H10FN3/c1-7-6-14-11(15-7)10-4-9(12)3-2-8(10)5-13/h2-4,7H,6H2,1H3,(H,14,15). The number of halogens is 1. The van der Waals surface area contributed by atoms with Crippen LogP contribution >= 0.6 is 0 Å². The first-order valence-corrected chi connectivity index (χ1v) is 4.71. The van der Waals surface area contributed by atoms with Crippen LogP contribution in [-0.2, 0) is 0 Å². The Morgan fingerprint density at radius 1 is 1.60 bits per heavy atom. The van der Waals surface area contributed by atoms with Crippen molar-refractivity contribution in [1.82, 2.24) is 5.32 Å². The normalized spacial score (nSPS) is 19.3. The van der Waals surface area contributed by atoms with Crippen LogP contribution in [0.15, 0.2) is 23.2 Å². The lowest BCUT2D eigenvalue weighted by molar-refractivity contribution is 0.627. The van der Waals surface area contributed by atoms with E-state index in [1.165, 1.54) is 18.2 Å². The summed E-state index contributed by atoms with van der Waals surface area (Å²) < 4.78 is 13.0. The van der Waals surface area contributed by atoms with E-state index in [9.17, 15) is 4.39 Å². The van der Waals surface area contributed by atoms with Crippen LogP contribution in [0.25, 0.3) is 0 Å². The van der Waals surface area contributed by atoms with Gasteiger partial charge in [0, 0.05) is 11.6 Å². The van der Waals surface area contributed by atoms with Gasteiger partial charge in [-0.3, -0.25) is 4.99 Å². The van der Waals surface area contributed by atoms with Crippen molar-refractivity contribution in [3.8, 4) is 6.07 Å². The monoisotopic (exact) mass is 203 g/mol. The summed E-state index contributed by atoms with van der Waals surface area (Å²) in [4.78, 5) is 4.22. The van der Waals surface area contributed by atoms with Crippen molar-refractivity contribution < 1.29 is 4.39 Å². The van der Waals surface area contributed by atoms with Crippen molar-refractivity contribution >= 4 is 5.84 Å². The van der Waals surface area contributed by atoms with Gasteiger partial charge in [-0.25, -0.2) is 4.39 Å². The highest BCUT2D eigenvalue weighted by molar-refractivity contribution is 6.02. The van der Waals surface area contributed by atoms with Gasteiger partial charge in [0.2, 0.25) is 0 Å². The summed E-state index contributed by atoms with van der Waals surface area (Å²) in [7, 11) is 0. The van der Waals surface area contributed by atoms with E-state index in [0.29, 0.717) is 23.5 Å². The molecule has 1 unspecified atom stereocenters. The molecule has 0 spiro atoms. The predicted octanol–water partition coefficient (Wildman–Crippen LogP) is 1.44. The molecule has 0 amide bonds. The molecular formula is C11H10FN3. The molecule has 1 atom stereocenters. The zero-order chi connectivity index (χ0) is 10.8. The third-order valence-electron chi connectivity index (χ3n) is 2.26. The summed E-state index contributed by atoms with van der Waals surface area (Å²) >= 11 is 0. The molecule has 0 aliphatic carbocycles. The van der Waals surface area contributed by atoms with Crippen molar-refractivity contribution in [1.29, 1.82) is 5.26 Å². The van der Waals surface area contributed by atoms with E-state index >= 15 is 0 Å². The van der Waals surface area contributed by atoms with Crippen molar-refractivity contribution in [2.24, 2.45) is 4.99 Å². The summed E-state index contributed by atoms with van der Waals surface area (Å²) in [6.07, 6.45) is 0. The van der Waals surface area contributed by atoms with Crippen LogP contribution < -0.4 is 5.32 Å². The number of hydrogen-bond acceptors (Lipinski definition) is 3. The minimum absolute atomic E-state index is 0.245. The van der Waals surface area contributed by atoms with E-state index in [1.54, 1.807) is 0 Å².